The Bertz CT molecular complexity index is 1550. The molecule has 0 unspecified atom stereocenters. The van der Waals surface area contributed by atoms with Gasteiger partial charge in [-0.3, -0.25) is 9.88 Å². The van der Waals surface area contributed by atoms with Crippen LogP contribution >= 0.6 is 0 Å². The van der Waals surface area contributed by atoms with Gasteiger partial charge >= 0.3 is 6.18 Å². The van der Waals surface area contributed by atoms with Crippen LogP contribution < -0.4 is 4.90 Å². The van der Waals surface area contributed by atoms with Crippen LogP contribution in [0.1, 0.15) is 22.7 Å². The quantitative estimate of drug-likeness (QED) is 0.225. The van der Waals surface area contributed by atoms with E-state index in [-0.39, 0.29) is 6.04 Å². The van der Waals surface area contributed by atoms with Crippen molar-refractivity contribution in [1.82, 2.24) is 19.9 Å². The van der Waals surface area contributed by atoms with E-state index in [1.54, 1.807) is 36.7 Å². The van der Waals surface area contributed by atoms with Crippen molar-refractivity contribution in [2.45, 2.75) is 12.2 Å². The van der Waals surface area contributed by atoms with Crippen molar-refractivity contribution < 1.29 is 13.2 Å². The second kappa shape index (κ2) is 11.5. The molecule has 0 aliphatic carbocycles. The lowest BCUT2D eigenvalue weighted by Crippen LogP contribution is -2.48. The monoisotopic (exact) mass is 551 g/mol. The minimum atomic E-state index is -4.44. The maximum Gasteiger partial charge on any atom is 0.416 e. The van der Waals surface area contributed by atoms with E-state index < -0.39 is 11.7 Å². The Hall–Kier alpha value is -4.56. The first kappa shape index (κ1) is 26.7. The van der Waals surface area contributed by atoms with E-state index in [1.807, 2.05) is 12.1 Å². The second-order valence-electron chi connectivity index (χ2n) is 10.00. The molecule has 1 saturated heterocycles. The van der Waals surface area contributed by atoms with E-state index >= 15 is 0 Å². The molecule has 0 radical (unpaired) electrons. The second-order valence-corrected chi connectivity index (χ2v) is 10.00. The smallest absolute Gasteiger partial charge is 0.354 e. The molecule has 0 amide bonds. The van der Waals surface area contributed by atoms with Crippen molar-refractivity contribution in [2.24, 2.45) is 0 Å². The minimum Gasteiger partial charge on any atom is -0.354 e. The molecule has 6 rings (SSSR count). The average molecular weight is 552 g/mol. The van der Waals surface area contributed by atoms with Crippen molar-refractivity contribution in [1.29, 1.82) is 0 Å². The first-order valence-electron chi connectivity index (χ1n) is 13.5. The lowest BCUT2D eigenvalue weighted by atomic mass is 9.96. The highest BCUT2D eigenvalue weighted by atomic mass is 19.4. The summed E-state index contributed by atoms with van der Waals surface area (Å²) in [5, 5.41) is 0. The maximum absolute atomic E-state index is 13.5. The summed E-state index contributed by atoms with van der Waals surface area (Å²) in [7, 11) is 0. The topological polar surface area (TPSA) is 45.2 Å². The number of alkyl halides is 3. The Kier molecular flexibility index (Phi) is 7.48. The van der Waals surface area contributed by atoms with Gasteiger partial charge in [0.15, 0.2) is 5.82 Å². The van der Waals surface area contributed by atoms with Gasteiger partial charge in [-0.15, -0.1) is 0 Å². The van der Waals surface area contributed by atoms with Gasteiger partial charge in [-0.1, -0.05) is 72.8 Å². The van der Waals surface area contributed by atoms with E-state index in [9.17, 15) is 13.2 Å². The molecule has 206 valence electrons. The number of hydrogen-bond acceptors (Lipinski definition) is 5. The Labute approximate surface area is 237 Å². The molecule has 0 bridgehead atoms. The van der Waals surface area contributed by atoms with Crippen molar-refractivity contribution >= 4 is 5.82 Å². The molecule has 2 aromatic heterocycles. The minimum absolute atomic E-state index is 0.123. The molecule has 0 atom stereocenters. The molecule has 1 fully saturated rings. The van der Waals surface area contributed by atoms with Crippen LogP contribution in [-0.2, 0) is 6.18 Å². The summed E-state index contributed by atoms with van der Waals surface area (Å²) >= 11 is 0. The standard InChI is InChI=1S/C33H28F3N5/c34-33(35,36)28-13-7-12-27(22-28)29-23-30(39-32(38-29)26-14-16-37-17-15-26)40-18-20-41(21-19-40)31(24-8-3-1-4-9-24)25-10-5-2-6-11-25/h1-17,22-23,31H,18-21H2. The first-order valence-corrected chi connectivity index (χ1v) is 13.5. The van der Waals surface area contributed by atoms with Crippen LogP contribution in [0.2, 0.25) is 0 Å². The molecular formula is C33H28F3N5. The van der Waals surface area contributed by atoms with Gasteiger partial charge in [-0.25, -0.2) is 9.97 Å². The number of hydrogen-bond donors (Lipinski definition) is 0. The predicted octanol–water partition coefficient (Wildman–Crippen LogP) is 7.14. The highest BCUT2D eigenvalue weighted by Crippen LogP contribution is 2.34. The Morgan fingerprint density at radius 2 is 1.27 bits per heavy atom. The fourth-order valence-electron chi connectivity index (χ4n) is 5.32. The van der Waals surface area contributed by atoms with Gasteiger partial charge in [0, 0.05) is 55.8 Å². The third-order valence-electron chi connectivity index (χ3n) is 7.37. The SMILES string of the molecule is FC(F)(F)c1cccc(-c2cc(N3CCN(C(c4ccccc4)c4ccccc4)CC3)nc(-c3ccncc3)n2)c1. The van der Waals surface area contributed by atoms with Crippen LogP contribution in [-0.4, -0.2) is 46.0 Å². The number of rotatable bonds is 6. The van der Waals surface area contributed by atoms with Crippen LogP contribution in [0.25, 0.3) is 22.6 Å². The first-order chi connectivity index (χ1) is 20.0. The van der Waals surface area contributed by atoms with Crippen LogP contribution in [0.15, 0.2) is 116 Å². The van der Waals surface area contributed by atoms with E-state index in [0.717, 1.165) is 30.8 Å². The molecule has 5 nitrogen and oxygen atoms in total. The van der Waals surface area contributed by atoms with Crippen LogP contribution in [0.5, 0.6) is 0 Å². The summed E-state index contributed by atoms with van der Waals surface area (Å²) in [4.78, 5) is 18.3. The number of benzene rings is 3. The van der Waals surface area contributed by atoms with E-state index in [2.05, 4.69) is 68.3 Å². The normalized spacial score (nSPS) is 14.4. The number of piperazine rings is 1. The summed E-state index contributed by atoms with van der Waals surface area (Å²) < 4.78 is 40.5. The van der Waals surface area contributed by atoms with Crippen molar-refractivity contribution in [3.63, 3.8) is 0 Å². The summed E-state index contributed by atoms with van der Waals surface area (Å²) in [6.07, 6.45) is -1.13. The molecule has 41 heavy (non-hydrogen) atoms. The Balaban J connectivity index is 1.32. The summed E-state index contributed by atoms with van der Waals surface area (Å²) in [6.45, 7) is 3.01. The van der Waals surface area contributed by atoms with E-state index in [4.69, 9.17) is 4.98 Å². The van der Waals surface area contributed by atoms with Crippen molar-refractivity contribution in [2.75, 3.05) is 31.1 Å². The Morgan fingerprint density at radius 3 is 1.88 bits per heavy atom. The van der Waals surface area contributed by atoms with Gasteiger partial charge in [0.25, 0.3) is 0 Å². The molecule has 1 aliphatic heterocycles. The third kappa shape index (κ3) is 5.98. The van der Waals surface area contributed by atoms with Gasteiger partial charge in [0.05, 0.1) is 17.3 Å². The molecule has 0 N–H and O–H groups in total. The molecular weight excluding hydrogens is 523 g/mol. The molecule has 0 spiro atoms. The molecule has 3 aromatic carbocycles. The zero-order chi connectivity index (χ0) is 28.2. The van der Waals surface area contributed by atoms with E-state index in [1.165, 1.54) is 17.2 Å². The van der Waals surface area contributed by atoms with Gasteiger partial charge in [-0.2, -0.15) is 13.2 Å². The van der Waals surface area contributed by atoms with Gasteiger partial charge in [-0.05, 0) is 35.4 Å². The molecule has 3 heterocycles. The molecule has 5 aromatic rings. The maximum atomic E-state index is 13.5. The van der Waals surface area contributed by atoms with Gasteiger partial charge in [0.1, 0.15) is 5.82 Å². The molecule has 0 saturated carbocycles. The van der Waals surface area contributed by atoms with Gasteiger partial charge < -0.3 is 4.90 Å². The zero-order valence-corrected chi connectivity index (χ0v) is 22.2. The summed E-state index contributed by atoms with van der Waals surface area (Å²) in [6, 6.07) is 31.8. The molecule has 8 heteroatoms. The van der Waals surface area contributed by atoms with Crippen LogP contribution in [0.3, 0.4) is 0 Å². The number of aromatic nitrogens is 3. The largest absolute Gasteiger partial charge is 0.416 e. The van der Waals surface area contributed by atoms with E-state index in [0.29, 0.717) is 36.0 Å². The number of halogens is 3. The fourth-order valence-corrected chi connectivity index (χ4v) is 5.32. The Morgan fingerprint density at radius 1 is 0.634 bits per heavy atom. The third-order valence-corrected chi connectivity index (χ3v) is 7.37. The lowest BCUT2D eigenvalue weighted by molar-refractivity contribution is -0.137. The highest BCUT2D eigenvalue weighted by Gasteiger charge is 2.31. The summed E-state index contributed by atoms with van der Waals surface area (Å²) in [5.74, 6) is 1.14. The van der Waals surface area contributed by atoms with Gasteiger partial charge in [0.2, 0.25) is 0 Å². The highest BCUT2D eigenvalue weighted by molar-refractivity contribution is 5.68. The van der Waals surface area contributed by atoms with Crippen LogP contribution in [0, 0.1) is 0 Å². The average Bonchev–Trinajstić information content (AvgIpc) is 3.02. The lowest BCUT2D eigenvalue weighted by Gasteiger charge is -2.40. The zero-order valence-electron chi connectivity index (χ0n) is 22.2. The van der Waals surface area contributed by atoms with Crippen molar-refractivity contribution in [3.8, 4) is 22.6 Å². The number of anilines is 1. The van der Waals surface area contributed by atoms with Crippen molar-refractivity contribution in [3.05, 3.63) is 132 Å². The number of nitrogens with zero attached hydrogens (tertiary/aromatic N) is 5. The number of pyridine rings is 1. The fraction of sp³-hybridized carbons (Fsp3) is 0.182. The molecule has 1 aliphatic rings. The predicted molar refractivity (Wildman–Crippen MR) is 154 cm³/mol. The van der Waals surface area contributed by atoms with Crippen LogP contribution in [0.4, 0.5) is 19.0 Å². The summed E-state index contributed by atoms with van der Waals surface area (Å²) in [5.41, 5.74) is 3.36.